The van der Waals surface area contributed by atoms with Crippen LogP contribution in [0.5, 0.6) is 5.75 Å². The lowest BCUT2D eigenvalue weighted by Crippen LogP contribution is -2.49. The van der Waals surface area contributed by atoms with Crippen LogP contribution in [0.1, 0.15) is 40.6 Å². The minimum atomic E-state index is -4.28. The highest BCUT2D eigenvalue weighted by molar-refractivity contribution is 7.90. The molecule has 12 nitrogen and oxygen atoms in total. The number of benzene rings is 3. The van der Waals surface area contributed by atoms with Crippen molar-refractivity contribution in [3.05, 3.63) is 89.7 Å². The van der Waals surface area contributed by atoms with Gasteiger partial charge >= 0.3 is 0 Å². The van der Waals surface area contributed by atoms with Crippen molar-refractivity contribution >= 4 is 38.8 Å². The summed E-state index contributed by atoms with van der Waals surface area (Å²) in [4.78, 5) is 47.6. The van der Waals surface area contributed by atoms with E-state index in [2.05, 4.69) is 5.32 Å². The Hall–Kier alpha value is -4.75. The van der Waals surface area contributed by atoms with E-state index in [-0.39, 0.29) is 35.5 Å². The minimum absolute atomic E-state index is 0.00629. The molecule has 0 spiro atoms. The van der Waals surface area contributed by atoms with E-state index < -0.39 is 40.3 Å². The summed E-state index contributed by atoms with van der Waals surface area (Å²) in [5.74, 6) is -1.18. The van der Waals surface area contributed by atoms with Gasteiger partial charge in [0.1, 0.15) is 23.0 Å². The second-order valence-corrected chi connectivity index (χ2v) is 12.8. The summed E-state index contributed by atoms with van der Waals surface area (Å²) in [5.41, 5.74) is 2.01. The average Bonchev–Trinajstić information content (AvgIpc) is 3.74. The Bertz CT molecular complexity index is 1870. The van der Waals surface area contributed by atoms with Crippen LogP contribution in [0.4, 0.5) is 0 Å². The number of hydrogen-bond donors (Lipinski definition) is 1. The van der Waals surface area contributed by atoms with Gasteiger partial charge in [0, 0.05) is 26.7 Å². The van der Waals surface area contributed by atoms with Gasteiger partial charge in [0.15, 0.2) is 6.04 Å². The number of carbonyl (C=O) groups is 3. The predicted molar refractivity (Wildman–Crippen MR) is 164 cm³/mol. The number of ether oxygens (including phenoxy) is 2. The maximum absolute atomic E-state index is 14.3. The van der Waals surface area contributed by atoms with E-state index in [1.165, 1.54) is 30.2 Å². The van der Waals surface area contributed by atoms with Crippen LogP contribution in [0.25, 0.3) is 11.0 Å². The molecule has 0 saturated carbocycles. The number of para-hydroxylation sites is 2. The van der Waals surface area contributed by atoms with Gasteiger partial charge in [-0.2, -0.15) is 0 Å². The van der Waals surface area contributed by atoms with Gasteiger partial charge in [-0.1, -0.05) is 36.4 Å². The van der Waals surface area contributed by atoms with Gasteiger partial charge in [0.2, 0.25) is 5.91 Å². The summed E-state index contributed by atoms with van der Waals surface area (Å²) in [5, 5.41) is 2.94. The van der Waals surface area contributed by atoms with Crippen molar-refractivity contribution in [2.45, 2.75) is 36.4 Å². The molecule has 4 aromatic rings. The highest BCUT2D eigenvalue weighted by Gasteiger charge is 2.44. The minimum Gasteiger partial charge on any atom is -0.497 e. The van der Waals surface area contributed by atoms with Gasteiger partial charge in [-0.05, 0) is 54.8 Å². The molecule has 234 valence electrons. The Morgan fingerprint density at radius 2 is 1.82 bits per heavy atom. The fourth-order valence-corrected chi connectivity index (χ4v) is 7.29. The number of aromatic nitrogens is 2. The van der Waals surface area contributed by atoms with Crippen molar-refractivity contribution in [1.82, 2.24) is 24.1 Å². The van der Waals surface area contributed by atoms with Crippen LogP contribution in [-0.2, 0) is 37.9 Å². The van der Waals surface area contributed by atoms with E-state index in [9.17, 15) is 22.8 Å². The Balaban J connectivity index is 1.41. The lowest BCUT2D eigenvalue weighted by molar-refractivity contribution is -0.142. The molecular weight excluding hydrogens is 598 g/mol. The second kappa shape index (κ2) is 12.3. The molecule has 1 aromatic heterocycles. The Labute approximate surface area is 260 Å². The van der Waals surface area contributed by atoms with Crippen molar-refractivity contribution in [2.24, 2.45) is 7.05 Å². The number of amides is 3. The first-order valence-electron chi connectivity index (χ1n) is 14.6. The topological polar surface area (TPSA) is 140 Å². The number of aryl methyl sites for hydroxylation is 1. The zero-order valence-electron chi connectivity index (χ0n) is 24.9. The molecule has 0 radical (unpaired) electrons. The summed E-state index contributed by atoms with van der Waals surface area (Å²) < 4.78 is 40.1. The number of fused-ring (bicyclic) bond motifs is 2. The molecule has 13 heteroatoms. The Morgan fingerprint density at radius 1 is 1.09 bits per heavy atom. The monoisotopic (exact) mass is 631 g/mol. The number of hydrogen-bond acceptors (Lipinski definition) is 8. The van der Waals surface area contributed by atoms with Crippen LogP contribution in [0.2, 0.25) is 0 Å². The zero-order valence-corrected chi connectivity index (χ0v) is 25.7. The Morgan fingerprint density at radius 3 is 2.51 bits per heavy atom. The van der Waals surface area contributed by atoms with Crippen LogP contribution in [0.15, 0.2) is 77.7 Å². The molecule has 6 rings (SSSR count). The van der Waals surface area contributed by atoms with Crippen LogP contribution in [0.3, 0.4) is 0 Å². The second-order valence-electron chi connectivity index (χ2n) is 11.0. The molecule has 3 aromatic carbocycles. The maximum Gasteiger partial charge on any atom is 0.269 e. The number of nitrogens with zero attached hydrogens (tertiary/aromatic N) is 4. The maximum atomic E-state index is 14.3. The predicted octanol–water partition coefficient (Wildman–Crippen LogP) is 2.79. The van der Waals surface area contributed by atoms with Crippen LogP contribution in [0, 0.1) is 0 Å². The number of imidazole rings is 1. The van der Waals surface area contributed by atoms with E-state index in [1.54, 1.807) is 41.9 Å². The van der Waals surface area contributed by atoms with Gasteiger partial charge in [-0.3, -0.25) is 14.4 Å². The third-order valence-corrected chi connectivity index (χ3v) is 9.96. The van der Waals surface area contributed by atoms with Gasteiger partial charge in [-0.25, -0.2) is 17.7 Å². The van der Waals surface area contributed by atoms with E-state index in [0.29, 0.717) is 27.7 Å². The molecule has 2 aliphatic rings. The summed E-state index contributed by atoms with van der Waals surface area (Å²) >= 11 is 0. The van der Waals surface area contributed by atoms with Crippen molar-refractivity contribution in [1.29, 1.82) is 0 Å². The molecule has 2 atom stereocenters. The lowest BCUT2D eigenvalue weighted by atomic mass is 10.1. The standard InChI is InChI=1S/C32H33N5O7S/c1-35-26-11-5-4-10-25(26)34-30(35)29(31(39)33-18-23-8-7-17-44-23)36(19-21-13-15-22(43-2)16-14-21)28(38)20-37-32(40)24-9-3-6-12-27(24)45(37,41)42/h3-6,9-16,23,29H,7-8,17-20H2,1-2H3,(H,33,39). The van der Waals surface area contributed by atoms with Crippen LogP contribution in [-0.4, -0.2) is 77.8 Å². The molecule has 3 heterocycles. The van der Waals surface area contributed by atoms with Gasteiger partial charge < -0.3 is 24.3 Å². The number of carbonyl (C=O) groups excluding carboxylic acids is 3. The van der Waals surface area contributed by atoms with Gasteiger partial charge in [0.25, 0.3) is 21.8 Å². The average molecular weight is 632 g/mol. The van der Waals surface area contributed by atoms with Gasteiger partial charge in [-0.15, -0.1) is 0 Å². The van der Waals surface area contributed by atoms with E-state index in [1.807, 2.05) is 24.3 Å². The highest BCUT2D eigenvalue weighted by Crippen LogP contribution is 2.32. The van der Waals surface area contributed by atoms with Crippen molar-refractivity contribution < 1.29 is 32.3 Å². The SMILES string of the molecule is COc1ccc(CN(C(=O)CN2C(=O)c3ccccc3S2(=O)=O)C(C(=O)NCC2CCCO2)c2nc3ccccc3n2C)cc1. The summed E-state index contributed by atoms with van der Waals surface area (Å²) in [6.45, 7) is -0.0415. The zero-order chi connectivity index (χ0) is 31.7. The smallest absolute Gasteiger partial charge is 0.269 e. The highest BCUT2D eigenvalue weighted by atomic mass is 32.2. The molecule has 0 aliphatic carbocycles. The largest absolute Gasteiger partial charge is 0.497 e. The van der Waals surface area contributed by atoms with Gasteiger partial charge in [0.05, 0.1) is 29.8 Å². The number of nitrogens with one attached hydrogen (secondary N) is 1. The van der Waals surface area contributed by atoms with Crippen LogP contribution < -0.4 is 10.1 Å². The van der Waals surface area contributed by atoms with E-state index >= 15 is 0 Å². The Kier molecular flexibility index (Phi) is 8.30. The first-order chi connectivity index (χ1) is 21.7. The molecule has 3 amide bonds. The summed E-state index contributed by atoms with van der Waals surface area (Å²) in [6.07, 6.45) is 1.52. The van der Waals surface area contributed by atoms with E-state index in [0.717, 1.165) is 18.4 Å². The fourth-order valence-electron chi connectivity index (χ4n) is 5.78. The number of rotatable bonds is 10. The molecular formula is C32H33N5O7S. The normalized spacial score (nSPS) is 17.7. The van der Waals surface area contributed by atoms with E-state index in [4.69, 9.17) is 14.5 Å². The molecule has 45 heavy (non-hydrogen) atoms. The number of methoxy groups -OCH3 is 1. The first-order valence-corrected chi connectivity index (χ1v) is 16.0. The summed E-state index contributed by atoms with van der Waals surface area (Å²) in [7, 11) is -0.990. The molecule has 1 fully saturated rings. The van der Waals surface area contributed by atoms with Crippen molar-refractivity contribution in [2.75, 3.05) is 26.8 Å². The summed E-state index contributed by atoms with van der Waals surface area (Å²) in [6, 6.07) is 18.9. The first kappa shape index (κ1) is 30.3. The molecule has 0 bridgehead atoms. The molecule has 1 saturated heterocycles. The quantitative estimate of drug-likeness (QED) is 0.282. The lowest BCUT2D eigenvalue weighted by Gasteiger charge is -2.32. The third kappa shape index (κ3) is 5.76. The number of sulfonamides is 1. The fraction of sp³-hybridized carbons (Fsp3) is 0.312. The van der Waals surface area contributed by atoms with Crippen LogP contribution >= 0.6 is 0 Å². The molecule has 2 unspecified atom stereocenters. The molecule has 1 N–H and O–H groups in total. The van der Waals surface area contributed by atoms with Crippen molar-refractivity contribution in [3.63, 3.8) is 0 Å². The molecule has 2 aliphatic heterocycles. The third-order valence-electron chi connectivity index (χ3n) is 8.18. The van der Waals surface area contributed by atoms with Crippen molar-refractivity contribution in [3.8, 4) is 5.75 Å².